The summed E-state index contributed by atoms with van der Waals surface area (Å²) in [7, 11) is 1.48. The Bertz CT molecular complexity index is 958. The van der Waals surface area contributed by atoms with Gasteiger partial charge in [0.05, 0.1) is 13.2 Å². The van der Waals surface area contributed by atoms with Crippen LogP contribution in [0, 0.1) is 5.92 Å². The highest BCUT2D eigenvalue weighted by Crippen LogP contribution is 2.20. The van der Waals surface area contributed by atoms with E-state index in [-0.39, 0.29) is 17.1 Å². The van der Waals surface area contributed by atoms with Crippen molar-refractivity contribution in [3.63, 3.8) is 0 Å². The summed E-state index contributed by atoms with van der Waals surface area (Å²) in [5.41, 5.74) is -0.836. The molecule has 2 aromatic rings. The van der Waals surface area contributed by atoms with Crippen LogP contribution in [0.3, 0.4) is 0 Å². The molecule has 2 rings (SSSR count). The number of halogens is 1. The Morgan fingerprint density at radius 3 is 2.50 bits per heavy atom. The molecular formula is C21H27FN2O6. The molecule has 0 fully saturated rings. The van der Waals surface area contributed by atoms with Crippen LogP contribution in [-0.2, 0) is 4.79 Å². The molecule has 30 heavy (non-hydrogen) atoms. The molecule has 3 atom stereocenters. The normalized spacial score (nSPS) is 14.2. The van der Waals surface area contributed by atoms with E-state index in [2.05, 4.69) is 10.6 Å². The third-order valence-corrected chi connectivity index (χ3v) is 4.81. The van der Waals surface area contributed by atoms with Crippen molar-refractivity contribution in [2.45, 2.75) is 45.4 Å². The molecule has 2 amide bonds. The van der Waals surface area contributed by atoms with Crippen molar-refractivity contribution in [3.8, 4) is 5.75 Å². The highest BCUT2D eigenvalue weighted by Gasteiger charge is 2.29. The Labute approximate surface area is 173 Å². The Morgan fingerprint density at radius 2 is 1.93 bits per heavy atom. The summed E-state index contributed by atoms with van der Waals surface area (Å²) in [5.74, 6) is -1.17. The number of carbonyl (C=O) groups excluding carboxylic acids is 2. The van der Waals surface area contributed by atoms with Gasteiger partial charge < -0.3 is 24.9 Å². The van der Waals surface area contributed by atoms with Gasteiger partial charge in [0.1, 0.15) is 35.7 Å². The third-order valence-electron chi connectivity index (χ3n) is 4.81. The Morgan fingerprint density at radius 1 is 1.23 bits per heavy atom. The van der Waals surface area contributed by atoms with Crippen molar-refractivity contribution in [1.29, 1.82) is 0 Å². The molecule has 0 spiro atoms. The zero-order valence-corrected chi connectivity index (χ0v) is 17.4. The number of benzene rings is 1. The van der Waals surface area contributed by atoms with E-state index in [0.29, 0.717) is 17.6 Å². The number of hydrogen-bond donors (Lipinski definition) is 3. The van der Waals surface area contributed by atoms with Crippen LogP contribution in [0.15, 0.2) is 33.5 Å². The first-order chi connectivity index (χ1) is 14.2. The molecule has 0 radical (unpaired) electrons. The first kappa shape index (κ1) is 23.3. The second-order valence-corrected chi connectivity index (χ2v) is 7.29. The van der Waals surface area contributed by atoms with Gasteiger partial charge in [-0.3, -0.25) is 9.59 Å². The van der Waals surface area contributed by atoms with Crippen LogP contribution in [0.1, 0.15) is 37.6 Å². The summed E-state index contributed by atoms with van der Waals surface area (Å²) in [4.78, 5) is 37.7. The highest BCUT2D eigenvalue weighted by atomic mass is 19.1. The maximum absolute atomic E-state index is 12.8. The van der Waals surface area contributed by atoms with Crippen LogP contribution < -0.4 is 21.0 Å². The molecule has 0 aliphatic rings. The zero-order chi connectivity index (χ0) is 22.4. The second-order valence-electron chi connectivity index (χ2n) is 7.29. The summed E-state index contributed by atoms with van der Waals surface area (Å²) < 4.78 is 23.1. The number of carbonyl (C=O) groups is 2. The highest BCUT2D eigenvalue weighted by molar-refractivity contribution is 5.99. The fraction of sp³-hybridized carbons (Fsp3) is 0.476. The summed E-state index contributed by atoms with van der Waals surface area (Å²) in [6.45, 7) is 4.13. The van der Waals surface area contributed by atoms with Crippen molar-refractivity contribution < 1.29 is 28.2 Å². The molecule has 0 aliphatic heterocycles. The molecule has 1 heterocycles. The van der Waals surface area contributed by atoms with E-state index in [1.807, 2.05) is 0 Å². The van der Waals surface area contributed by atoms with Gasteiger partial charge in [-0.1, -0.05) is 20.8 Å². The fourth-order valence-electron chi connectivity index (χ4n) is 2.98. The molecule has 1 aromatic carbocycles. The summed E-state index contributed by atoms with van der Waals surface area (Å²) in [6.07, 6.45) is -1.03. The van der Waals surface area contributed by atoms with Gasteiger partial charge in [0.15, 0.2) is 0 Å². The van der Waals surface area contributed by atoms with E-state index >= 15 is 0 Å². The molecule has 1 aromatic heterocycles. The van der Waals surface area contributed by atoms with Gasteiger partial charge in [0.2, 0.25) is 5.91 Å². The van der Waals surface area contributed by atoms with Gasteiger partial charge >= 0.3 is 5.63 Å². The number of hydrogen-bond acceptors (Lipinski definition) is 6. The molecule has 0 saturated carbocycles. The average molecular weight is 422 g/mol. The maximum atomic E-state index is 12.8. The monoisotopic (exact) mass is 422 g/mol. The second kappa shape index (κ2) is 10.2. The molecule has 164 valence electrons. The molecule has 2 unspecified atom stereocenters. The number of amides is 2. The molecule has 0 saturated heterocycles. The van der Waals surface area contributed by atoms with Crippen molar-refractivity contribution in [3.05, 3.63) is 40.2 Å². The van der Waals surface area contributed by atoms with Gasteiger partial charge in [-0.15, -0.1) is 0 Å². The number of methoxy groups -OCH3 is 1. The number of aliphatic hydroxyl groups is 1. The van der Waals surface area contributed by atoms with E-state index in [1.54, 1.807) is 32.9 Å². The van der Waals surface area contributed by atoms with Gasteiger partial charge in [-0.05, 0) is 30.5 Å². The summed E-state index contributed by atoms with van der Waals surface area (Å²) in [6, 6.07) is 4.43. The van der Waals surface area contributed by atoms with E-state index in [1.165, 1.54) is 19.2 Å². The predicted octanol–water partition coefficient (Wildman–Crippen LogP) is 1.78. The van der Waals surface area contributed by atoms with Crippen molar-refractivity contribution in [2.75, 3.05) is 13.8 Å². The first-order valence-electron chi connectivity index (χ1n) is 9.68. The quantitative estimate of drug-likeness (QED) is 0.530. The number of nitrogens with one attached hydrogen (secondary N) is 2. The first-order valence-corrected chi connectivity index (χ1v) is 9.68. The standard InChI is InChI=1S/C21H27FN2O6/c1-5-15(16(25)10-22)23-20(27)18(11(2)3)24-19(26)14-8-12-6-7-13(29-4)9-17(12)30-21(14)28/h6-9,11,15-16,18,25H,5,10H2,1-4H3,(H,23,27)(H,24,26)/t15?,16?,18-/m0/s1. The minimum Gasteiger partial charge on any atom is -0.497 e. The van der Waals surface area contributed by atoms with Gasteiger partial charge in [-0.2, -0.15) is 0 Å². The van der Waals surface area contributed by atoms with E-state index in [0.717, 1.165) is 0 Å². The number of aliphatic hydroxyl groups excluding tert-OH is 1. The third kappa shape index (κ3) is 5.35. The van der Waals surface area contributed by atoms with Gasteiger partial charge in [0.25, 0.3) is 5.91 Å². The van der Waals surface area contributed by atoms with Crippen LogP contribution >= 0.6 is 0 Å². The lowest BCUT2D eigenvalue weighted by molar-refractivity contribution is -0.125. The van der Waals surface area contributed by atoms with Crippen molar-refractivity contribution in [1.82, 2.24) is 10.6 Å². The molecule has 0 bridgehead atoms. The lowest BCUT2D eigenvalue weighted by Gasteiger charge is -2.26. The number of fused-ring (bicyclic) bond motifs is 1. The van der Waals surface area contributed by atoms with Gasteiger partial charge in [-0.25, -0.2) is 9.18 Å². The fourth-order valence-corrected chi connectivity index (χ4v) is 2.98. The van der Waals surface area contributed by atoms with Crippen molar-refractivity contribution >= 4 is 22.8 Å². The maximum Gasteiger partial charge on any atom is 0.349 e. The molecule has 0 aliphatic carbocycles. The van der Waals surface area contributed by atoms with Gasteiger partial charge in [0, 0.05) is 11.5 Å². The molecule has 3 N–H and O–H groups in total. The van der Waals surface area contributed by atoms with Crippen LogP contribution in [0.4, 0.5) is 4.39 Å². The Hall–Kier alpha value is -2.94. The molecule has 8 nitrogen and oxygen atoms in total. The summed E-state index contributed by atoms with van der Waals surface area (Å²) in [5, 5.41) is 15.3. The lowest BCUT2D eigenvalue weighted by Crippen LogP contribution is -2.54. The number of rotatable bonds is 9. The Kier molecular flexibility index (Phi) is 7.93. The van der Waals surface area contributed by atoms with E-state index in [9.17, 15) is 23.9 Å². The number of ether oxygens (including phenoxy) is 1. The Balaban J connectivity index is 2.25. The predicted molar refractivity (Wildman–Crippen MR) is 109 cm³/mol. The van der Waals surface area contributed by atoms with Crippen LogP contribution in [-0.4, -0.2) is 48.9 Å². The average Bonchev–Trinajstić information content (AvgIpc) is 2.73. The largest absolute Gasteiger partial charge is 0.497 e. The lowest BCUT2D eigenvalue weighted by atomic mass is 10.0. The number of alkyl halides is 1. The zero-order valence-electron chi connectivity index (χ0n) is 17.4. The summed E-state index contributed by atoms with van der Waals surface area (Å²) >= 11 is 0. The van der Waals surface area contributed by atoms with Crippen LogP contribution in [0.25, 0.3) is 11.0 Å². The van der Waals surface area contributed by atoms with E-state index in [4.69, 9.17) is 9.15 Å². The SMILES string of the molecule is CCC(NC(=O)[C@@H](NC(=O)c1cc2ccc(OC)cc2oc1=O)C(C)C)C(O)CF. The molecular weight excluding hydrogens is 395 g/mol. The minimum atomic E-state index is -1.34. The minimum absolute atomic E-state index is 0.248. The van der Waals surface area contributed by atoms with Crippen LogP contribution in [0.2, 0.25) is 0 Å². The van der Waals surface area contributed by atoms with Crippen LogP contribution in [0.5, 0.6) is 5.75 Å². The topological polar surface area (TPSA) is 118 Å². The smallest absolute Gasteiger partial charge is 0.349 e. The van der Waals surface area contributed by atoms with Crippen molar-refractivity contribution in [2.24, 2.45) is 5.92 Å². The molecule has 9 heteroatoms. The van der Waals surface area contributed by atoms with E-state index < -0.39 is 42.3 Å².